The van der Waals surface area contributed by atoms with E-state index in [4.69, 9.17) is 11.6 Å². The van der Waals surface area contributed by atoms with Crippen molar-refractivity contribution < 1.29 is 9.59 Å². The van der Waals surface area contributed by atoms with E-state index < -0.39 is 11.8 Å². The number of nitrogens with one attached hydrogen (secondary N) is 2. The molecule has 0 saturated carbocycles. The van der Waals surface area contributed by atoms with E-state index in [1.807, 2.05) is 41.9 Å². The van der Waals surface area contributed by atoms with Crippen molar-refractivity contribution in [1.29, 1.82) is 0 Å². The van der Waals surface area contributed by atoms with Gasteiger partial charge in [0.05, 0.1) is 20.8 Å². The second kappa shape index (κ2) is 7.46. The Bertz CT molecular complexity index is 1180. The van der Waals surface area contributed by atoms with Crippen LogP contribution in [0.15, 0.2) is 60.7 Å². The number of hydrogen-bond donors (Lipinski definition) is 2. The van der Waals surface area contributed by atoms with Gasteiger partial charge in [-0.15, -0.1) is 11.3 Å². The number of hydrogen-bond acceptors (Lipinski definition) is 4. The number of thiophene rings is 1. The van der Waals surface area contributed by atoms with E-state index in [1.54, 1.807) is 30.3 Å². The van der Waals surface area contributed by atoms with Crippen LogP contribution in [-0.2, 0) is 7.05 Å². The average Bonchev–Trinajstić information content (AvgIpc) is 3.32. The molecule has 0 aliphatic carbocycles. The second-order valence-electron chi connectivity index (χ2n) is 6.06. The first-order valence-corrected chi connectivity index (χ1v) is 9.60. The van der Waals surface area contributed by atoms with E-state index in [2.05, 4.69) is 15.8 Å². The number of nitrogens with zero attached hydrogens (tertiary/aromatic N) is 2. The van der Waals surface area contributed by atoms with E-state index in [0.29, 0.717) is 15.5 Å². The minimum atomic E-state index is -0.419. The molecule has 0 bridgehead atoms. The molecule has 2 amide bonds. The second-order valence-corrected chi connectivity index (χ2v) is 7.58. The van der Waals surface area contributed by atoms with Gasteiger partial charge in [-0.3, -0.25) is 20.4 Å². The molecule has 2 N–H and O–H groups in total. The van der Waals surface area contributed by atoms with Crippen molar-refractivity contribution in [3.05, 3.63) is 76.1 Å². The van der Waals surface area contributed by atoms with E-state index in [-0.39, 0.29) is 0 Å². The third kappa shape index (κ3) is 3.49. The molecule has 4 aromatic rings. The Hall–Kier alpha value is -3.16. The molecule has 8 heteroatoms. The molecule has 0 radical (unpaired) electrons. The molecule has 0 fully saturated rings. The van der Waals surface area contributed by atoms with Crippen molar-refractivity contribution in [2.45, 2.75) is 0 Å². The predicted octanol–water partition coefficient (Wildman–Crippen LogP) is 4.03. The van der Waals surface area contributed by atoms with Crippen molar-refractivity contribution in [2.75, 3.05) is 0 Å². The molecule has 4 rings (SSSR count). The summed E-state index contributed by atoms with van der Waals surface area (Å²) in [6.07, 6.45) is 0. The summed E-state index contributed by atoms with van der Waals surface area (Å²) < 4.78 is 1.99. The van der Waals surface area contributed by atoms with Crippen molar-refractivity contribution >= 4 is 45.8 Å². The molecule has 0 spiro atoms. The highest BCUT2D eigenvalue weighted by molar-refractivity contribution is 7.17. The minimum absolute atomic E-state index is 0.391. The van der Waals surface area contributed by atoms with Crippen LogP contribution in [0.1, 0.15) is 20.0 Å². The third-order valence-corrected chi connectivity index (χ3v) is 5.57. The molecular weight excluding hydrogens is 396 g/mol. The molecule has 28 heavy (non-hydrogen) atoms. The zero-order valence-electron chi connectivity index (χ0n) is 14.8. The van der Waals surface area contributed by atoms with Gasteiger partial charge in [0.15, 0.2) is 5.82 Å². The number of rotatable bonds is 3. The van der Waals surface area contributed by atoms with Crippen LogP contribution in [0, 0.1) is 0 Å². The summed E-state index contributed by atoms with van der Waals surface area (Å²) in [6, 6.07) is 17.8. The fourth-order valence-corrected chi connectivity index (χ4v) is 3.85. The topological polar surface area (TPSA) is 76.0 Å². The number of amides is 2. The smallest absolute Gasteiger partial charge is 0.279 e. The maximum absolute atomic E-state index is 12.4. The quantitative estimate of drug-likeness (QED) is 0.500. The van der Waals surface area contributed by atoms with Crippen LogP contribution in [0.3, 0.4) is 0 Å². The van der Waals surface area contributed by atoms with Gasteiger partial charge in [0.1, 0.15) is 0 Å². The third-order valence-electron chi connectivity index (χ3n) is 4.23. The van der Waals surface area contributed by atoms with Crippen LogP contribution < -0.4 is 10.9 Å². The monoisotopic (exact) mass is 410 g/mol. The summed E-state index contributed by atoms with van der Waals surface area (Å²) in [5, 5.41) is 0.536. The molecule has 140 valence electrons. The average molecular weight is 411 g/mol. The molecule has 2 aromatic carbocycles. The Labute approximate surface area is 169 Å². The summed E-state index contributed by atoms with van der Waals surface area (Å²) in [5.74, 6) is -0.0232. The SMILES string of the molecule is Cn1c(-c2ccc(C(=O)NNC(=O)c3ccc(Cl)cc3)s2)nc2ccccc21. The fourth-order valence-electron chi connectivity index (χ4n) is 2.79. The highest BCUT2D eigenvalue weighted by atomic mass is 35.5. The Morgan fingerprint density at radius 1 is 0.964 bits per heavy atom. The number of benzene rings is 2. The normalized spacial score (nSPS) is 10.8. The molecular formula is C20H15ClN4O2S. The lowest BCUT2D eigenvalue weighted by Gasteiger charge is -2.06. The number of halogens is 1. The number of hydrazine groups is 1. The zero-order chi connectivity index (χ0) is 19.7. The van der Waals surface area contributed by atoms with Gasteiger partial charge in [-0.05, 0) is 48.5 Å². The summed E-state index contributed by atoms with van der Waals surface area (Å²) in [5.41, 5.74) is 7.15. The van der Waals surface area contributed by atoms with Gasteiger partial charge in [0.2, 0.25) is 0 Å². The maximum atomic E-state index is 12.4. The van der Waals surface area contributed by atoms with E-state index >= 15 is 0 Å². The standard InChI is InChI=1S/C20H15ClN4O2S/c1-25-15-5-3-2-4-14(15)22-18(25)16-10-11-17(28-16)20(27)24-23-19(26)12-6-8-13(21)9-7-12/h2-11H,1H3,(H,23,26)(H,24,27). The fraction of sp³-hybridized carbons (Fsp3) is 0.0500. The number of para-hydroxylation sites is 2. The molecule has 0 atom stereocenters. The number of fused-ring (bicyclic) bond motifs is 1. The Kier molecular flexibility index (Phi) is 4.85. The van der Waals surface area contributed by atoms with Crippen LogP contribution in [0.2, 0.25) is 5.02 Å². The number of aryl methyl sites for hydroxylation is 1. The molecule has 0 aliphatic heterocycles. The highest BCUT2D eigenvalue weighted by Crippen LogP contribution is 2.29. The maximum Gasteiger partial charge on any atom is 0.279 e. The van der Waals surface area contributed by atoms with Crippen molar-refractivity contribution in [3.63, 3.8) is 0 Å². The predicted molar refractivity (Wildman–Crippen MR) is 110 cm³/mol. The van der Waals surface area contributed by atoms with Crippen LogP contribution in [0.25, 0.3) is 21.7 Å². The first-order chi connectivity index (χ1) is 13.5. The van der Waals surface area contributed by atoms with Crippen LogP contribution in [-0.4, -0.2) is 21.4 Å². The Morgan fingerprint density at radius 3 is 2.43 bits per heavy atom. The highest BCUT2D eigenvalue weighted by Gasteiger charge is 2.15. The summed E-state index contributed by atoms with van der Waals surface area (Å²) in [4.78, 5) is 30.4. The lowest BCUT2D eigenvalue weighted by Crippen LogP contribution is -2.41. The molecule has 2 aromatic heterocycles. The molecule has 6 nitrogen and oxygen atoms in total. The van der Waals surface area contributed by atoms with E-state index in [0.717, 1.165) is 21.7 Å². The van der Waals surface area contributed by atoms with Crippen LogP contribution in [0.5, 0.6) is 0 Å². The number of imidazole rings is 1. The van der Waals surface area contributed by atoms with Crippen LogP contribution in [0.4, 0.5) is 0 Å². The van der Waals surface area contributed by atoms with E-state index in [9.17, 15) is 9.59 Å². The summed E-state index contributed by atoms with van der Waals surface area (Å²) in [7, 11) is 1.94. The van der Waals surface area contributed by atoms with Crippen molar-refractivity contribution in [1.82, 2.24) is 20.4 Å². The Balaban J connectivity index is 1.47. The van der Waals surface area contributed by atoms with Gasteiger partial charge in [0, 0.05) is 17.6 Å². The first kappa shape index (κ1) is 18.2. The van der Waals surface area contributed by atoms with Crippen molar-refractivity contribution in [2.24, 2.45) is 7.05 Å². The summed E-state index contributed by atoms with van der Waals surface area (Å²) >= 11 is 7.12. The summed E-state index contributed by atoms with van der Waals surface area (Å²) in [6.45, 7) is 0. The van der Waals surface area contributed by atoms with Crippen molar-refractivity contribution in [3.8, 4) is 10.7 Å². The van der Waals surface area contributed by atoms with E-state index in [1.165, 1.54) is 11.3 Å². The lowest BCUT2D eigenvalue weighted by atomic mass is 10.2. The van der Waals surface area contributed by atoms with Gasteiger partial charge in [0.25, 0.3) is 11.8 Å². The van der Waals surface area contributed by atoms with Gasteiger partial charge >= 0.3 is 0 Å². The Morgan fingerprint density at radius 2 is 1.68 bits per heavy atom. The first-order valence-electron chi connectivity index (χ1n) is 8.41. The molecule has 2 heterocycles. The number of aromatic nitrogens is 2. The van der Waals surface area contributed by atoms with Gasteiger partial charge in [-0.1, -0.05) is 23.7 Å². The van der Waals surface area contributed by atoms with Gasteiger partial charge in [-0.25, -0.2) is 4.98 Å². The van der Waals surface area contributed by atoms with Gasteiger partial charge < -0.3 is 4.57 Å². The largest absolute Gasteiger partial charge is 0.326 e. The van der Waals surface area contributed by atoms with Crippen LogP contribution >= 0.6 is 22.9 Å². The lowest BCUT2D eigenvalue weighted by molar-refractivity contribution is 0.0849. The zero-order valence-corrected chi connectivity index (χ0v) is 16.3. The van der Waals surface area contributed by atoms with Gasteiger partial charge in [-0.2, -0.15) is 0 Å². The molecule has 0 unspecified atom stereocenters. The minimum Gasteiger partial charge on any atom is -0.326 e. The number of carbonyl (C=O) groups excluding carboxylic acids is 2. The molecule has 0 aliphatic rings. The number of carbonyl (C=O) groups is 2. The molecule has 0 saturated heterocycles.